The van der Waals surface area contributed by atoms with Gasteiger partial charge < -0.3 is 0 Å². The number of hydrogen-bond donors (Lipinski definition) is 0. The first-order valence-electron chi connectivity index (χ1n) is 3.40. The van der Waals surface area contributed by atoms with Gasteiger partial charge in [-0.2, -0.15) is 18.2 Å². The van der Waals surface area contributed by atoms with Crippen molar-refractivity contribution in [3.05, 3.63) is 29.6 Å². The monoisotopic (exact) mass is 221 g/mol. The summed E-state index contributed by atoms with van der Waals surface area (Å²) in [5, 5.41) is 1.80. The van der Waals surface area contributed by atoms with E-state index >= 15 is 0 Å². The number of hydrogen-bond acceptors (Lipinski definition) is 2. The van der Waals surface area contributed by atoms with Crippen LogP contribution in [0, 0.1) is 5.82 Å². The highest BCUT2D eigenvalue weighted by Crippen LogP contribution is 2.36. The van der Waals surface area contributed by atoms with Gasteiger partial charge in [0.15, 0.2) is 0 Å². The molecule has 0 amide bonds. The molecule has 0 heterocycles. The maximum absolute atomic E-state index is 12.5. The van der Waals surface area contributed by atoms with Crippen LogP contribution in [0.3, 0.4) is 0 Å². The first kappa shape index (κ1) is 10.8. The highest BCUT2D eigenvalue weighted by atomic mass is 32.1. The molecule has 74 valence electrons. The molecule has 0 fully saturated rings. The van der Waals surface area contributed by atoms with E-state index in [1.165, 1.54) is 0 Å². The van der Waals surface area contributed by atoms with E-state index < -0.39 is 23.2 Å². The van der Waals surface area contributed by atoms with E-state index in [2.05, 4.69) is 17.2 Å². The van der Waals surface area contributed by atoms with Crippen molar-refractivity contribution in [1.29, 1.82) is 0 Å². The topological polar surface area (TPSA) is 12.4 Å². The van der Waals surface area contributed by atoms with Crippen molar-refractivity contribution in [2.24, 2.45) is 4.99 Å². The van der Waals surface area contributed by atoms with E-state index in [9.17, 15) is 17.6 Å². The van der Waals surface area contributed by atoms with Crippen molar-refractivity contribution in [1.82, 2.24) is 0 Å². The Morgan fingerprint density at radius 3 is 2.43 bits per heavy atom. The summed E-state index contributed by atoms with van der Waals surface area (Å²) < 4.78 is 49.3. The second-order valence-corrected chi connectivity index (χ2v) is 2.54. The van der Waals surface area contributed by atoms with E-state index in [4.69, 9.17) is 0 Å². The zero-order chi connectivity index (χ0) is 10.8. The minimum Gasteiger partial charge on any atom is -0.207 e. The van der Waals surface area contributed by atoms with Gasteiger partial charge in [-0.15, -0.1) is 0 Å². The fraction of sp³-hybridized carbons (Fsp3) is 0.125. The molecular formula is C8H3F4NS. The minimum atomic E-state index is -4.65. The molecule has 1 rings (SSSR count). The first-order chi connectivity index (χ1) is 6.45. The molecule has 0 atom stereocenters. The van der Waals surface area contributed by atoms with Gasteiger partial charge in [0.1, 0.15) is 5.82 Å². The minimum absolute atomic E-state index is 0.367. The fourth-order valence-corrected chi connectivity index (χ4v) is 0.980. The van der Waals surface area contributed by atoms with Crippen LogP contribution in [0.5, 0.6) is 0 Å². The number of isothiocyanates is 1. The van der Waals surface area contributed by atoms with Gasteiger partial charge in [-0.3, -0.25) is 0 Å². The van der Waals surface area contributed by atoms with Crippen LogP contribution in [0.4, 0.5) is 23.2 Å². The van der Waals surface area contributed by atoms with Gasteiger partial charge >= 0.3 is 6.18 Å². The van der Waals surface area contributed by atoms with Crippen LogP contribution >= 0.6 is 12.2 Å². The number of alkyl halides is 3. The van der Waals surface area contributed by atoms with Crippen molar-refractivity contribution in [2.45, 2.75) is 6.18 Å². The summed E-state index contributed by atoms with van der Waals surface area (Å²) in [6.45, 7) is 0. The van der Waals surface area contributed by atoms with Gasteiger partial charge in [0.2, 0.25) is 0 Å². The molecule has 1 nitrogen and oxygen atoms in total. The Morgan fingerprint density at radius 1 is 1.29 bits per heavy atom. The molecule has 0 saturated heterocycles. The molecule has 6 heteroatoms. The molecule has 14 heavy (non-hydrogen) atoms. The Balaban J connectivity index is 3.37. The summed E-state index contributed by atoms with van der Waals surface area (Å²) in [4.78, 5) is 3.19. The summed E-state index contributed by atoms with van der Waals surface area (Å²) in [7, 11) is 0. The molecule has 0 aliphatic heterocycles. The van der Waals surface area contributed by atoms with Crippen molar-refractivity contribution in [2.75, 3.05) is 0 Å². The van der Waals surface area contributed by atoms with Gasteiger partial charge in [-0.05, 0) is 30.4 Å². The highest BCUT2D eigenvalue weighted by molar-refractivity contribution is 7.78. The van der Waals surface area contributed by atoms with Crippen LogP contribution in [-0.2, 0) is 6.18 Å². The predicted molar refractivity (Wildman–Crippen MR) is 46.1 cm³/mol. The predicted octanol–water partition coefficient (Wildman–Crippen LogP) is 3.58. The fourth-order valence-electron chi connectivity index (χ4n) is 0.882. The van der Waals surface area contributed by atoms with E-state index in [0.717, 1.165) is 12.1 Å². The average Bonchev–Trinajstić information content (AvgIpc) is 2.07. The van der Waals surface area contributed by atoms with Crippen molar-refractivity contribution < 1.29 is 17.6 Å². The normalized spacial score (nSPS) is 10.9. The summed E-state index contributed by atoms with van der Waals surface area (Å²) in [5.74, 6) is -0.972. The molecule has 1 aromatic carbocycles. The molecule has 0 radical (unpaired) electrons. The standard InChI is InChI=1S/C8H3F4NS/c9-5-1-2-7(13-4-14)6(3-5)8(10,11)12/h1-3H. The molecule has 0 bridgehead atoms. The van der Waals surface area contributed by atoms with Crippen LogP contribution in [-0.4, -0.2) is 5.16 Å². The van der Waals surface area contributed by atoms with Crippen LogP contribution < -0.4 is 0 Å². The SMILES string of the molecule is Fc1ccc(N=C=S)c(C(F)(F)F)c1. The average molecular weight is 221 g/mol. The Kier molecular flexibility index (Phi) is 2.98. The quantitative estimate of drug-likeness (QED) is 0.401. The lowest BCUT2D eigenvalue weighted by Crippen LogP contribution is -2.05. The third-order valence-corrected chi connectivity index (χ3v) is 1.52. The van der Waals surface area contributed by atoms with E-state index in [1.807, 2.05) is 0 Å². The third-order valence-electron chi connectivity index (χ3n) is 1.43. The molecule has 1 aromatic rings. The lowest BCUT2D eigenvalue weighted by Gasteiger charge is -2.08. The third kappa shape index (κ3) is 2.37. The second-order valence-electron chi connectivity index (χ2n) is 2.36. The van der Waals surface area contributed by atoms with Gasteiger partial charge in [0, 0.05) is 0 Å². The number of benzene rings is 1. The number of thiocarbonyl (C=S) groups is 1. The number of halogens is 4. The largest absolute Gasteiger partial charge is 0.418 e. The number of aliphatic imine (C=N–C) groups is 1. The Hall–Kier alpha value is -1.26. The van der Waals surface area contributed by atoms with Gasteiger partial charge in [0.05, 0.1) is 16.4 Å². The molecular weight excluding hydrogens is 218 g/mol. The molecule has 0 unspecified atom stereocenters. The number of nitrogens with zero attached hydrogens (tertiary/aromatic N) is 1. The van der Waals surface area contributed by atoms with Crippen molar-refractivity contribution >= 4 is 23.1 Å². The molecule has 0 saturated carbocycles. The summed E-state index contributed by atoms with van der Waals surface area (Å²) >= 11 is 4.17. The zero-order valence-electron chi connectivity index (χ0n) is 6.60. The van der Waals surface area contributed by atoms with Gasteiger partial charge in [-0.1, -0.05) is 0 Å². The Morgan fingerprint density at radius 2 is 1.93 bits per heavy atom. The molecule has 0 aliphatic carbocycles. The molecule has 0 N–H and O–H groups in total. The van der Waals surface area contributed by atoms with E-state index in [0.29, 0.717) is 6.07 Å². The zero-order valence-corrected chi connectivity index (χ0v) is 7.42. The Labute approximate surface area is 82.1 Å². The maximum atomic E-state index is 12.5. The van der Waals surface area contributed by atoms with Crippen LogP contribution in [0.25, 0.3) is 0 Å². The van der Waals surface area contributed by atoms with E-state index in [-0.39, 0.29) is 0 Å². The van der Waals surface area contributed by atoms with Crippen molar-refractivity contribution in [3.63, 3.8) is 0 Å². The highest BCUT2D eigenvalue weighted by Gasteiger charge is 2.33. The van der Waals surface area contributed by atoms with E-state index in [1.54, 1.807) is 5.16 Å². The van der Waals surface area contributed by atoms with Crippen LogP contribution in [0.15, 0.2) is 23.2 Å². The van der Waals surface area contributed by atoms with Crippen LogP contribution in [0.2, 0.25) is 0 Å². The second kappa shape index (κ2) is 3.86. The molecule has 0 aromatic heterocycles. The maximum Gasteiger partial charge on any atom is 0.418 e. The summed E-state index contributed by atoms with van der Waals surface area (Å²) in [5.41, 5.74) is -1.59. The lowest BCUT2D eigenvalue weighted by atomic mass is 10.1. The Bertz CT molecular complexity index is 393. The first-order valence-corrected chi connectivity index (χ1v) is 3.80. The summed E-state index contributed by atoms with van der Waals surface area (Å²) in [6, 6.07) is 2.14. The number of rotatable bonds is 1. The lowest BCUT2D eigenvalue weighted by molar-refractivity contribution is -0.137. The molecule has 0 aliphatic rings. The van der Waals surface area contributed by atoms with Crippen LogP contribution in [0.1, 0.15) is 5.56 Å². The summed E-state index contributed by atoms with van der Waals surface area (Å²) in [6.07, 6.45) is -4.65. The van der Waals surface area contributed by atoms with Gasteiger partial charge in [-0.25, -0.2) is 4.39 Å². The van der Waals surface area contributed by atoms with Gasteiger partial charge in [0.25, 0.3) is 0 Å². The van der Waals surface area contributed by atoms with Crippen molar-refractivity contribution in [3.8, 4) is 0 Å². The smallest absolute Gasteiger partial charge is 0.207 e. The molecule has 0 spiro atoms.